The third-order valence-corrected chi connectivity index (χ3v) is 3.17. The Morgan fingerprint density at radius 1 is 1.59 bits per heavy atom. The maximum Gasteiger partial charge on any atom is 0.227 e. The molecule has 0 fully saturated rings. The van der Waals surface area contributed by atoms with Crippen LogP contribution in [0.2, 0.25) is 0 Å². The van der Waals surface area contributed by atoms with Crippen molar-refractivity contribution in [3.8, 4) is 5.75 Å². The van der Waals surface area contributed by atoms with Crippen LogP contribution in [0.25, 0.3) is 0 Å². The second-order valence-corrected chi connectivity index (χ2v) is 4.81. The fourth-order valence-electron chi connectivity index (χ4n) is 1.43. The van der Waals surface area contributed by atoms with E-state index in [0.29, 0.717) is 16.7 Å². The monoisotopic (exact) mass is 300 g/mol. The van der Waals surface area contributed by atoms with Crippen LogP contribution in [-0.2, 0) is 4.79 Å². The van der Waals surface area contributed by atoms with Crippen molar-refractivity contribution in [1.82, 2.24) is 0 Å². The van der Waals surface area contributed by atoms with Crippen LogP contribution < -0.4 is 11.1 Å². The van der Waals surface area contributed by atoms with E-state index >= 15 is 0 Å². The number of aromatic hydroxyl groups is 1. The molecule has 0 aliphatic rings. The topological polar surface area (TPSA) is 75.4 Å². The Kier molecular flexibility index (Phi) is 5.44. The number of hydrogen-bond acceptors (Lipinski definition) is 3. The van der Waals surface area contributed by atoms with Crippen molar-refractivity contribution in [2.45, 2.75) is 19.8 Å². The van der Waals surface area contributed by atoms with Gasteiger partial charge < -0.3 is 16.2 Å². The van der Waals surface area contributed by atoms with E-state index in [1.54, 1.807) is 18.2 Å². The number of rotatable bonds is 5. The summed E-state index contributed by atoms with van der Waals surface area (Å²) in [6.45, 7) is 2.43. The van der Waals surface area contributed by atoms with Crippen molar-refractivity contribution in [3.05, 3.63) is 22.7 Å². The first kappa shape index (κ1) is 14.0. The van der Waals surface area contributed by atoms with Crippen molar-refractivity contribution >= 4 is 27.5 Å². The highest BCUT2D eigenvalue weighted by Crippen LogP contribution is 2.31. The van der Waals surface area contributed by atoms with Gasteiger partial charge in [-0.05, 0) is 47.4 Å². The first-order chi connectivity index (χ1) is 8.06. The van der Waals surface area contributed by atoms with E-state index in [-0.39, 0.29) is 17.6 Å². The lowest BCUT2D eigenvalue weighted by Crippen LogP contribution is -2.21. The van der Waals surface area contributed by atoms with Crippen LogP contribution in [0.4, 0.5) is 5.69 Å². The molecule has 0 radical (unpaired) electrons. The molecule has 0 bridgehead atoms. The molecule has 1 unspecified atom stereocenters. The number of phenols is 1. The fraction of sp³-hybridized carbons (Fsp3) is 0.417. The van der Waals surface area contributed by atoms with Crippen LogP contribution in [0.15, 0.2) is 22.7 Å². The van der Waals surface area contributed by atoms with Crippen molar-refractivity contribution < 1.29 is 9.90 Å². The largest absolute Gasteiger partial charge is 0.505 e. The van der Waals surface area contributed by atoms with Gasteiger partial charge >= 0.3 is 0 Å². The summed E-state index contributed by atoms with van der Waals surface area (Å²) in [7, 11) is 0. The summed E-state index contributed by atoms with van der Waals surface area (Å²) in [4.78, 5) is 11.8. The third-order valence-electron chi connectivity index (χ3n) is 2.53. The number of phenolic OH excluding ortho intramolecular Hbond substituents is 1. The molecule has 0 heterocycles. The zero-order valence-electron chi connectivity index (χ0n) is 9.74. The SMILES string of the molecule is CC(CCCN)C(=O)Nc1cccc(Br)c1O. The minimum absolute atomic E-state index is 0.0480. The molecular formula is C12H17BrN2O2. The van der Waals surface area contributed by atoms with Crippen LogP contribution in [-0.4, -0.2) is 17.6 Å². The number of hydrogen-bond donors (Lipinski definition) is 3. The van der Waals surface area contributed by atoms with Gasteiger partial charge in [0.05, 0.1) is 10.2 Å². The smallest absolute Gasteiger partial charge is 0.227 e. The molecule has 0 saturated heterocycles. The number of carbonyl (C=O) groups is 1. The van der Waals surface area contributed by atoms with Crippen LogP contribution in [0.1, 0.15) is 19.8 Å². The Labute approximate surface area is 109 Å². The first-order valence-electron chi connectivity index (χ1n) is 5.54. The third kappa shape index (κ3) is 4.02. The molecule has 1 atom stereocenters. The van der Waals surface area contributed by atoms with Gasteiger partial charge in [0.1, 0.15) is 0 Å². The molecule has 94 valence electrons. The summed E-state index contributed by atoms with van der Waals surface area (Å²) in [5, 5.41) is 12.4. The molecule has 0 aliphatic carbocycles. The lowest BCUT2D eigenvalue weighted by molar-refractivity contribution is -0.119. The van der Waals surface area contributed by atoms with Gasteiger partial charge in [-0.15, -0.1) is 0 Å². The predicted molar refractivity (Wildman–Crippen MR) is 71.9 cm³/mol. The van der Waals surface area contributed by atoms with Gasteiger partial charge in [-0.1, -0.05) is 13.0 Å². The zero-order chi connectivity index (χ0) is 12.8. The molecule has 0 aliphatic heterocycles. The summed E-state index contributed by atoms with van der Waals surface area (Å²) in [5.41, 5.74) is 5.82. The number of anilines is 1. The van der Waals surface area contributed by atoms with Gasteiger partial charge in [0.25, 0.3) is 0 Å². The maximum absolute atomic E-state index is 11.8. The predicted octanol–water partition coefficient (Wildman–Crippen LogP) is 2.47. The van der Waals surface area contributed by atoms with Gasteiger partial charge in [-0.25, -0.2) is 0 Å². The number of carbonyl (C=O) groups excluding carboxylic acids is 1. The fourth-order valence-corrected chi connectivity index (χ4v) is 1.79. The molecule has 5 heteroatoms. The highest BCUT2D eigenvalue weighted by molar-refractivity contribution is 9.10. The minimum atomic E-state index is -0.114. The van der Waals surface area contributed by atoms with Gasteiger partial charge in [0.2, 0.25) is 5.91 Å². The highest BCUT2D eigenvalue weighted by Gasteiger charge is 2.14. The average molecular weight is 301 g/mol. The summed E-state index contributed by atoms with van der Waals surface area (Å²) in [6.07, 6.45) is 1.57. The molecule has 1 rings (SSSR count). The Hall–Kier alpha value is -1.07. The summed E-state index contributed by atoms with van der Waals surface area (Å²) in [5.74, 6) is -0.171. The molecule has 4 nitrogen and oxygen atoms in total. The minimum Gasteiger partial charge on any atom is -0.505 e. The molecule has 1 aromatic rings. The van der Waals surface area contributed by atoms with E-state index < -0.39 is 0 Å². The van der Waals surface area contributed by atoms with E-state index in [4.69, 9.17) is 5.73 Å². The summed E-state index contributed by atoms with van der Waals surface area (Å²) < 4.78 is 0.560. The molecule has 17 heavy (non-hydrogen) atoms. The average Bonchev–Trinajstić information content (AvgIpc) is 2.31. The number of nitrogens with one attached hydrogen (secondary N) is 1. The van der Waals surface area contributed by atoms with E-state index in [1.165, 1.54) is 0 Å². The molecule has 1 amide bonds. The van der Waals surface area contributed by atoms with Gasteiger partial charge in [0.15, 0.2) is 5.75 Å². The van der Waals surface area contributed by atoms with Gasteiger partial charge in [-0.3, -0.25) is 4.79 Å². The van der Waals surface area contributed by atoms with Crippen molar-refractivity contribution in [3.63, 3.8) is 0 Å². The molecule has 0 saturated carbocycles. The van der Waals surface area contributed by atoms with Gasteiger partial charge in [-0.2, -0.15) is 0 Å². The normalized spacial score (nSPS) is 12.2. The Morgan fingerprint density at radius 3 is 2.94 bits per heavy atom. The highest BCUT2D eigenvalue weighted by atomic mass is 79.9. The molecular weight excluding hydrogens is 284 g/mol. The maximum atomic E-state index is 11.8. The van der Waals surface area contributed by atoms with E-state index in [1.807, 2.05) is 6.92 Å². The second-order valence-electron chi connectivity index (χ2n) is 3.96. The molecule has 1 aromatic carbocycles. The molecule has 0 aromatic heterocycles. The number of benzene rings is 1. The summed E-state index contributed by atoms with van der Waals surface area (Å²) in [6, 6.07) is 5.13. The standard InChI is InChI=1S/C12H17BrN2O2/c1-8(4-3-7-14)12(17)15-10-6-2-5-9(13)11(10)16/h2,5-6,8,16H,3-4,7,14H2,1H3,(H,15,17). The Balaban J connectivity index is 2.64. The number of para-hydroxylation sites is 1. The second kappa shape index (κ2) is 6.61. The zero-order valence-corrected chi connectivity index (χ0v) is 11.3. The van der Waals surface area contributed by atoms with Crippen molar-refractivity contribution in [2.24, 2.45) is 11.7 Å². The Morgan fingerprint density at radius 2 is 2.29 bits per heavy atom. The van der Waals surface area contributed by atoms with Crippen LogP contribution in [0.3, 0.4) is 0 Å². The van der Waals surface area contributed by atoms with E-state index in [9.17, 15) is 9.90 Å². The van der Waals surface area contributed by atoms with E-state index in [0.717, 1.165) is 12.8 Å². The van der Waals surface area contributed by atoms with E-state index in [2.05, 4.69) is 21.2 Å². The Bertz CT molecular complexity index is 396. The van der Waals surface area contributed by atoms with Crippen LogP contribution in [0.5, 0.6) is 5.75 Å². The lowest BCUT2D eigenvalue weighted by atomic mass is 10.0. The number of nitrogens with two attached hydrogens (primary N) is 1. The molecule has 4 N–H and O–H groups in total. The summed E-state index contributed by atoms with van der Waals surface area (Å²) >= 11 is 3.20. The number of amides is 1. The number of halogens is 1. The lowest BCUT2D eigenvalue weighted by Gasteiger charge is -2.13. The van der Waals surface area contributed by atoms with Gasteiger partial charge in [0, 0.05) is 5.92 Å². The van der Waals surface area contributed by atoms with Crippen LogP contribution >= 0.6 is 15.9 Å². The molecule has 0 spiro atoms. The first-order valence-corrected chi connectivity index (χ1v) is 6.34. The van der Waals surface area contributed by atoms with Crippen molar-refractivity contribution in [2.75, 3.05) is 11.9 Å². The quantitative estimate of drug-likeness (QED) is 0.731. The van der Waals surface area contributed by atoms with Crippen LogP contribution in [0, 0.1) is 5.92 Å². The van der Waals surface area contributed by atoms with Crippen molar-refractivity contribution in [1.29, 1.82) is 0 Å².